The Kier molecular flexibility index (Phi) is 6.36. The smallest absolute Gasteiger partial charge is 0.332 e. The summed E-state index contributed by atoms with van der Waals surface area (Å²) in [4.78, 5) is 44.3. The van der Waals surface area contributed by atoms with E-state index < -0.39 is 23.3 Å². The second-order valence-electron chi connectivity index (χ2n) is 7.04. The largest absolute Gasteiger partial charge is 0.362 e. The van der Waals surface area contributed by atoms with Crippen LogP contribution in [0.3, 0.4) is 0 Å². The van der Waals surface area contributed by atoms with E-state index in [1.54, 1.807) is 24.5 Å². The van der Waals surface area contributed by atoms with Gasteiger partial charge < -0.3 is 4.74 Å². The highest BCUT2D eigenvalue weighted by Crippen LogP contribution is 2.31. The van der Waals surface area contributed by atoms with Gasteiger partial charge in [-0.3, -0.25) is 29.7 Å². The predicted molar refractivity (Wildman–Crippen MR) is 105 cm³/mol. The molecule has 1 fully saturated rings. The molecule has 1 aliphatic rings. The molecule has 2 aromatic rings. The van der Waals surface area contributed by atoms with Crippen LogP contribution in [0.4, 0.5) is 4.79 Å². The number of urea groups is 1. The van der Waals surface area contributed by atoms with E-state index in [2.05, 4.69) is 10.3 Å². The maximum absolute atomic E-state index is 13.1. The fourth-order valence-electron chi connectivity index (χ4n) is 3.43. The van der Waals surface area contributed by atoms with Gasteiger partial charge >= 0.3 is 6.03 Å². The SMILES string of the molecule is CN1C(=O)N(C)C(=O)C(CNCOCc2ccccc2)(Cc2cccnc2)C1=O. The van der Waals surface area contributed by atoms with E-state index in [1.165, 1.54) is 14.1 Å². The van der Waals surface area contributed by atoms with Crippen molar-refractivity contribution >= 4 is 17.8 Å². The number of nitrogens with one attached hydrogen (secondary N) is 1. The Morgan fingerprint density at radius 3 is 2.24 bits per heavy atom. The molecule has 1 N–H and O–H groups in total. The lowest BCUT2D eigenvalue weighted by molar-refractivity contribution is -0.157. The minimum atomic E-state index is -1.45. The molecule has 0 saturated carbocycles. The number of rotatable bonds is 8. The number of nitrogens with zero attached hydrogens (tertiary/aromatic N) is 3. The van der Waals surface area contributed by atoms with Crippen molar-refractivity contribution < 1.29 is 19.1 Å². The molecule has 152 valence electrons. The number of barbiturate groups is 1. The molecule has 0 radical (unpaired) electrons. The summed E-state index contributed by atoms with van der Waals surface area (Å²) in [5.74, 6) is -1.07. The van der Waals surface area contributed by atoms with Crippen molar-refractivity contribution in [1.82, 2.24) is 20.1 Å². The van der Waals surface area contributed by atoms with Crippen LogP contribution in [0.25, 0.3) is 0 Å². The normalized spacial score (nSPS) is 16.4. The van der Waals surface area contributed by atoms with Crippen LogP contribution >= 0.6 is 0 Å². The number of carbonyl (C=O) groups excluding carboxylic acids is 3. The van der Waals surface area contributed by atoms with Crippen molar-refractivity contribution in [3.8, 4) is 0 Å². The molecule has 8 nitrogen and oxygen atoms in total. The van der Waals surface area contributed by atoms with Gasteiger partial charge in [-0.05, 0) is 23.6 Å². The number of imide groups is 2. The molecule has 0 atom stereocenters. The van der Waals surface area contributed by atoms with Gasteiger partial charge in [0.1, 0.15) is 5.41 Å². The summed E-state index contributed by atoms with van der Waals surface area (Å²) in [5, 5.41) is 3.05. The summed E-state index contributed by atoms with van der Waals surface area (Å²) in [6.45, 7) is 0.603. The fraction of sp³-hybridized carbons (Fsp3) is 0.333. The number of amides is 4. The summed E-state index contributed by atoms with van der Waals surface area (Å²) in [5.41, 5.74) is 0.308. The Morgan fingerprint density at radius 2 is 1.62 bits per heavy atom. The molecule has 0 spiro atoms. The first-order valence-electron chi connectivity index (χ1n) is 9.27. The molecule has 4 amide bonds. The highest BCUT2D eigenvalue weighted by molar-refractivity contribution is 6.19. The minimum Gasteiger partial charge on any atom is -0.362 e. The monoisotopic (exact) mass is 396 g/mol. The quantitative estimate of drug-likeness (QED) is 0.412. The van der Waals surface area contributed by atoms with Crippen LogP contribution in [-0.2, 0) is 27.4 Å². The van der Waals surface area contributed by atoms with E-state index in [0.29, 0.717) is 6.61 Å². The molecule has 1 aromatic heterocycles. The van der Waals surface area contributed by atoms with Gasteiger partial charge in [-0.2, -0.15) is 0 Å². The molecule has 8 heteroatoms. The standard InChI is InChI=1S/C21H24N4O4/c1-24-18(26)21(19(27)25(2)20(24)28,11-17-9-6-10-22-12-17)14-23-15-29-13-16-7-4-3-5-8-16/h3-10,12,23H,11,13-15H2,1-2H3. The first-order chi connectivity index (χ1) is 14.0. The molecular formula is C21H24N4O4. The highest BCUT2D eigenvalue weighted by Gasteiger charge is 2.55. The summed E-state index contributed by atoms with van der Waals surface area (Å²) in [6, 6.07) is 12.6. The van der Waals surface area contributed by atoms with Crippen LogP contribution in [0.5, 0.6) is 0 Å². The number of carbonyl (C=O) groups is 3. The molecule has 2 heterocycles. The Morgan fingerprint density at radius 1 is 0.966 bits per heavy atom. The van der Waals surface area contributed by atoms with Gasteiger partial charge in [-0.15, -0.1) is 0 Å². The summed E-state index contributed by atoms with van der Waals surface area (Å²) in [7, 11) is 2.77. The summed E-state index contributed by atoms with van der Waals surface area (Å²) < 4.78 is 5.61. The van der Waals surface area contributed by atoms with Crippen molar-refractivity contribution in [2.24, 2.45) is 5.41 Å². The maximum atomic E-state index is 13.1. The van der Waals surface area contributed by atoms with Gasteiger partial charge in [0.15, 0.2) is 0 Å². The van der Waals surface area contributed by atoms with Crippen LogP contribution < -0.4 is 5.32 Å². The van der Waals surface area contributed by atoms with Gasteiger partial charge in [-0.25, -0.2) is 4.79 Å². The first-order valence-corrected chi connectivity index (χ1v) is 9.27. The molecule has 0 bridgehead atoms. The van der Waals surface area contributed by atoms with Gasteiger partial charge in [-0.1, -0.05) is 36.4 Å². The lowest BCUT2D eigenvalue weighted by Gasteiger charge is -2.41. The predicted octanol–water partition coefficient (Wildman–Crippen LogP) is 1.42. The number of benzene rings is 1. The fourth-order valence-corrected chi connectivity index (χ4v) is 3.43. The Bertz CT molecular complexity index is 849. The van der Waals surface area contributed by atoms with E-state index in [1.807, 2.05) is 30.3 Å². The number of hydrogen-bond acceptors (Lipinski definition) is 6. The molecule has 1 saturated heterocycles. The van der Waals surface area contributed by atoms with Crippen LogP contribution in [0, 0.1) is 5.41 Å². The number of hydrogen-bond donors (Lipinski definition) is 1. The second kappa shape index (κ2) is 8.93. The minimum absolute atomic E-state index is 0.0380. The van der Waals surface area contributed by atoms with E-state index in [-0.39, 0.29) is 19.7 Å². The number of aromatic nitrogens is 1. The molecule has 1 aliphatic heterocycles. The number of ether oxygens (including phenoxy) is 1. The van der Waals surface area contributed by atoms with Crippen LogP contribution in [0.15, 0.2) is 54.9 Å². The summed E-state index contributed by atoms with van der Waals surface area (Å²) >= 11 is 0. The van der Waals surface area contributed by atoms with Crippen LogP contribution in [0.2, 0.25) is 0 Å². The lowest BCUT2D eigenvalue weighted by Crippen LogP contribution is -2.66. The second-order valence-corrected chi connectivity index (χ2v) is 7.04. The molecule has 0 unspecified atom stereocenters. The molecular weight excluding hydrogens is 372 g/mol. The third kappa shape index (κ3) is 4.33. The Balaban J connectivity index is 1.73. The van der Waals surface area contributed by atoms with Crippen molar-refractivity contribution in [3.63, 3.8) is 0 Å². The van der Waals surface area contributed by atoms with E-state index in [0.717, 1.165) is 20.9 Å². The first kappa shape index (κ1) is 20.6. The average Bonchev–Trinajstić information content (AvgIpc) is 2.76. The van der Waals surface area contributed by atoms with Crippen LogP contribution in [0.1, 0.15) is 11.1 Å². The van der Waals surface area contributed by atoms with E-state index in [9.17, 15) is 14.4 Å². The van der Waals surface area contributed by atoms with Gasteiger partial charge in [0, 0.05) is 33.0 Å². The van der Waals surface area contributed by atoms with Crippen molar-refractivity contribution in [2.45, 2.75) is 13.0 Å². The Hall–Kier alpha value is -3.10. The molecule has 3 rings (SSSR count). The number of pyridine rings is 1. The Labute approximate surface area is 169 Å². The molecule has 29 heavy (non-hydrogen) atoms. The van der Waals surface area contributed by atoms with E-state index >= 15 is 0 Å². The zero-order valence-corrected chi connectivity index (χ0v) is 16.5. The lowest BCUT2D eigenvalue weighted by atomic mass is 9.77. The molecule has 0 aliphatic carbocycles. The average molecular weight is 396 g/mol. The third-order valence-electron chi connectivity index (χ3n) is 4.97. The molecule has 1 aromatic carbocycles. The third-order valence-corrected chi connectivity index (χ3v) is 4.97. The van der Waals surface area contributed by atoms with Crippen LogP contribution in [-0.4, -0.2) is 60.0 Å². The van der Waals surface area contributed by atoms with Crippen molar-refractivity contribution in [3.05, 3.63) is 66.0 Å². The summed E-state index contributed by atoms with van der Waals surface area (Å²) in [6.07, 6.45) is 3.37. The van der Waals surface area contributed by atoms with Crippen molar-refractivity contribution in [1.29, 1.82) is 0 Å². The van der Waals surface area contributed by atoms with E-state index in [4.69, 9.17) is 4.74 Å². The zero-order chi connectivity index (χ0) is 20.9. The zero-order valence-electron chi connectivity index (χ0n) is 16.5. The topological polar surface area (TPSA) is 91.8 Å². The highest BCUT2D eigenvalue weighted by atomic mass is 16.5. The van der Waals surface area contributed by atoms with Gasteiger partial charge in [0.05, 0.1) is 13.3 Å². The van der Waals surface area contributed by atoms with Gasteiger partial charge in [0.25, 0.3) is 0 Å². The maximum Gasteiger partial charge on any atom is 0.332 e. The van der Waals surface area contributed by atoms with Gasteiger partial charge in [0.2, 0.25) is 11.8 Å². The van der Waals surface area contributed by atoms with Crippen molar-refractivity contribution in [2.75, 3.05) is 27.4 Å².